The first kappa shape index (κ1) is 30.7. The summed E-state index contributed by atoms with van der Waals surface area (Å²) in [6.45, 7) is 12.6. The highest BCUT2D eigenvalue weighted by Gasteiger charge is 2.60. The van der Waals surface area contributed by atoms with E-state index in [9.17, 15) is 9.59 Å². The van der Waals surface area contributed by atoms with Crippen LogP contribution in [0.3, 0.4) is 0 Å². The molecule has 242 valence electrons. The molecule has 1 spiro atoms. The van der Waals surface area contributed by atoms with Gasteiger partial charge in [0.05, 0.1) is 11.7 Å². The van der Waals surface area contributed by atoms with Crippen molar-refractivity contribution in [1.29, 1.82) is 0 Å². The number of likely N-dealkylation sites (tertiary alicyclic amines) is 1. The van der Waals surface area contributed by atoms with E-state index in [2.05, 4.69) is 50.0 Å². The lowest BCUT2D eigenvalue weighted by Gasteiger charge is -2.52. The van der Waals surface area contributed by atoms with E-state index in [0.29, 0.717) is 60.0 Å². The number of amides is 1. The quantitative estimate of drug-likeness (QED) is 0.345. The third-order valence-electron chi connectivity index (χ3n) is 13.9. The Morgan fingerprint density at radius 2 is 1.93 bits per heavy atom. The molecular weight excluding hydrogens is 544 g/mol. The van der Waals surface area contributed by atoms with E-state index in [1.807, 2.05) is 18.2 Å². The lowest BCUT2D eigenvalue weighted by atomic mass is 9.52. The number of carbonyl (C=O) groups excluding carboxylic acids is 2. The zero-order valence-electron chi connectivity index (χ0n) is 27.8. The summed E-state index contributed by atoms with van der Waals surface area (Å²) in [6, 6.07) is 10.7. The van der Waals surface area contributed by atoms with Gasteiger partial charge in [-0.2, -0.15) is 0 Å². The molecule has 2 aliphatic heterocycles. The van der Waals surface area contributed by atoms with E-state index < -0.39 is 0 Å². The number of aryl methyl sites for hydroxylation is 1. The lowest BCUT2D eigenvalue weighted by molar-refractivity contribution is -0.130. The SMILES string of the molecule is CC1=C2C[C@H]3[C@@H](CC[C@@H]4CC(=O)CC[C@@]43C)[C@@H]2CC[C@@]2(C1)O[C@@H]1C[C@H](C)CN(CCNC(=O)CCc3ccccc3)[C@H]1[C@H]2C.[HH]. The Morgan fingerprint density at radius 3 is 2.75 bits per heavy atom. The molecule has 0 unspecified atom stereocenters. The Hall–Kier alpha value is -1.98. The van der Waals surface area contributed by atoms with Gasteiger partial charge in [-0.25, -0.2) is 0 Å². The molecule has 0 bridgehead atoms. The number of nitrogens with zero attached hydrogens (tertiary/aromatic N) is 1. The Morgan fingerprint density at radius 1 is 1.11 bits per heavy atom. The maximum Gasteiger partial charge on any atom is 0.220 e. The van der Waals surface area contributed by atoms with E-state index >= 15 is 0 Å². The second-order valence-electron chi connectivity index (χ2n) is 16.3. The van der Waals surface area contributed by atoms with E-state index in [0.717, 1.165) is 63.5 Å². The third kappa shape index (κ3) is 5.42. The number of piperidine rings is 1. The number of hydrogen-bond acceptors (Lipinski definition) is 4. The van der Waals surface area contributed by atoms with E-state index in [1.165, 1.54) is 37.7 Å². The summed E-state index contributed by atoms with van der Waals surface area (Å²) < 4.78 is 7.29. The van der Waals surface area contributed by atoms with Gasteiger partial charge in [0.2, 0.25) is 5.91 Å². The van der Waals surface area contributed by atoms with Crippen LogP contribution in [0, 0.1) is 40.9 Å². The first-order chi connectivity index (χ1) is 21.2. The number of Topliss-reactive ketones (excluding diaryl/α,β-unsaturated/α-hetero) is 1. The van der Waals surface area contributed by atoms with Crippen LogP contribution in [0.4, 0.5) is 0 Å². The summed E-state index contributed by atoms with van der Waals surface area (Å²) in [6.07, 6.45) is 12.9. The molecule has 5 heteroatoms. The van der Waals surface area contributed by atoms with Gasteiger partial charge in [0.15, 0.2) is 0 Å². The number of carbonyl (C=O) groups is 2. The molecule has 0 radical (unpaired) electrons. The molecule has 5 fully saturated rings. The molecule has 0 aromatic heterocycles. The summed E-state index contributed by atoms with van der Waals surface area (Å²) in [7, 11) is 0. The van der Waals surface area contributed by atoms with E-state index in [1.54, 1.807) is 11.1 Å². The van der Waals surface area contributed by atoms with Crippen molar-refractivity contribution in [3.05, 3.63) is 47.0 Å². The number of ketones is 1. The minimum absolute atomic E-state index is 0. The van der Waals surface area contributed by atoms with Crippen LogP contribution in [0.1, 0.15) is 105 Å². The Balaban J connectivity index is 0.00000357. The second kappa shape index (κ2) is 12.0. The van der Waals surface area contributed by atoms with Crippen molar-refractivity contribution in [2.24, 2.45) is 40.9 Å². The monoisotopic (exact) mass is 602 g/mol. The molecule has 2 saturated heterocycles. The molecular formula is C39H58N2O3. The van der Waals surface area contributed by atoms with Gasteiger partial charge in [-0.05, 0) is 105 Å². The highest BCUT2D eigenvalue weighted by atomic mass is 16.5. The molecule has 1 aromatic carbocycles. The molecule has 6 aliphatic rings. The summed E-state index contributed by atoms with van der Waals surface area (Å²) in [4.78, 5) is 27.7. The molecule has 1 aromatic rings. The fourth-order valence-corrected chi connectivity index (χ4v) is 11.6. The minimum atomic E-state index is -0.0636. The standard InChI is InChI=1S/C39H56N2O3.H2/c1-25-20-35-37(41(24-25)19-18-40-36(43)13-10-28-8-6-5-7-9-28)27(3)39(44-35)17-15-31-32-12-11-29-21-30(42)14-16-38(29,4)34(32)22-33(31)26(2)23-39;/h5-9,25,27,29,31-32,34-35,37H,10-24H2,1-4H3,(H,40,43);1H/t25-,27+,29+,31-,32-,34-,35+,37-,38-,39-;/m0./s1. The summed E-state index contributed by atoms with van der Waals surface area (Å²) >= 11 is 0. The van der Waals surface area contributed by atoms with Gasteiger partial charge < -0.3 is 10.1 Å². The first-order valence-corrected chi connectivity index (χ1v) is 18.1. The van der Waals surface area contributed by atoms with E-state index in [-0.39, 0.29) is 12.9 Å². The molecule has 10 atom stereocenters. The molecule has 1 amide bonds. The zero-order chi connectivity index (χ0) is 30.6. The molecule has 2 heterocycles. The van der Waals surface area contributed by atoms with Gasteiger partial charge in [-0.15, -0.1) is 0 Å². The summed E-state index contributed by atoms with van der Waals surface area (Å²) in [5.41, 5.74) is 4.92. The van der Waals surface area contributed by atoms with Gasteiger partial charge in [-0.1, -0.05) is 62.2 Å². The van der Waals surface area contributed by atoms with Crippen molar-refractivity contribution in [2.45, 2.75) is 122 Å². The van der Waals surface area contributed by atoms with Crippen LogP contribution < -0.4 is 5.32 Å². The van der Waals surface area contributed by atoms with Gasteiger partial charge in [0.1, 0.15) is 5.78 Å². The minimum Gasteiger partial charge on any atom is -0.369 e. The normalized spacial score (nSPS) is 42.0. The van der Waals surface area contributed by atoms with Gasteiger partial charge in [0.25, 0.3) is 0 Å². The van der Waals surface area contributed by atoms with Gasteiger partial charge in [-0.3, -0.25) is 14.5 Å². The van der Waals surface area contributed by atoms with Gasteiger partial charge >= 0.3 is 0 Å². The topological polar surface area (TPSA) is 58.6 Å². The molecule has 1 N–H and O–H groups in total. The fourth-order valence-electron chi connectivity index (χ4n) is 11.6. The highest BCUT2D eigenvalue weighted by Crippen LogP contribution is 2.65. The number of rotatable bonds is 6. The van der Waals surface area contributed by atoms with Crippen molar-refractivity contribution < 1.29 is 15.8 Å². The van der Waals surface area contributed by atoms with Crippen molar-refractivity contribution in [3.8, 4) is 0 Å². The van der Waals surface area contributed by atoms with Gasteiger partial charge in [0, 0.05) is 52.3 Å². The summed E-state index contributed by atoms with van der Waals surface area (Å²) in [5.74, 6) is 4.65. The van der Waals surface area contributed by atoms with E-state index in [4.69, 9.17) is 4.74 Å². The second-order valence-corrected chi connectivity index (χ2v) is 16.3. The Kier molecular flexibility index (Phi) is 8.36. The average Bonchev–Trinajstić information content (AvgIpc) is 3.47. The number of nitrogens with one attached hydrogen (secondary N) is 1. The van der Waals surface area contributed by atoms with Crippen LogP contribution in [0.5, 0.6) is 0 Å². The third-order valence-corrected chi connectivity index (χ3v) is 13.9. The number of hydrogen-bond donors (Lipinski definition) is 1. The highest BCUT2D eigenvalue weighted by molar-refractivity contribution is 5.79. The Bertz CT molecular complexity index is 1280. The van der Waals surface area contributed by atoms with Crippen LogP contribution >= 0.6 is 0 Å². The summed E-state index contributed by atoms with van der Waals surface area (Å²) in [5, 5.41) is 3.23. The predicted molar refractivity (Wildman–Crippen MR) is 177 cm³/mol. The number of fused-ring (bicyclic) bond motifs is 6. The molecule has 4 aliphatic carbocycles. The molecule has 44 heavy (non-hydrogen) atoms. The fraction of sp³-hybridized carbons (Fsp3) is 0.744. The van der Waals surface area contributed by atoms with Crippen LogP contribution in [-0.4, -0.2) is 54.0 Å². The number of benzene rings is 1. The van der Waals surface area contributed by atoms with Crippen LogP contribution in [-0.2, 0) is 20.7 Å². The lowest BCUT2D eigenvalue weighted by Crippen LogP contribution is -2.53. The average molecular weight is 603 g/mol. The van der Waals surface area contributed by atoms with Crippen LogP contribution in [0.25, 0.3) is 0 Å². The van der Waals surface area contributed by atoms with Crippen molar-refractivity contribution >= 4 is 11.7 Å². The van der Waals surface area contributed by atoms with Crippen LogP contribution in [0.2, 0.25) is 0 Å². The predicted octanol–water partition coefficient (Wildman–Crippen LogP) is 7.39. The number of ether oxygens (including phenoxy) is 1. The largest absolute Gasteiger partial charge is 0.369 e. The maximum absolute atomic E-state index is 12.7. The van der Waals surface area contributed by atoms with Crippen molar-refractivity contribution in [3.63, 3.8) is 0 Å². The molecule has 5 nitrogen and oxygen atoms in total. The maximum atomic E-state index is 12.7. The Labute approximate surface area is 267 Å². The van der Waals surface area contributed by atoms with Crippen molar-refractivity contribution in [1.82, 2.24) is 10.2 Å². The van der Waals surface area contributed by atoms with Crippen molar-refractivity contribution in [2.75, 3.05) is 19.6 Å². The number of allylic oxidation sites excluding steroid dienone is 1. The van der Waals surface area contributed by atoms with Crippen LogP contribution in [0.15, 0.2) is 41.5 Å². The molecule has 3 saturated carbocycles. The smallest absolute Gasteiger partial charge is 0.220 e. The molecule has 7 rings (SSSR count). The first-order valence-electron chi connectivity index (χ1n) is 18.1. The zero-order valence-corrected chi connectivity index (χ0v) is 27.8.